The van der Waals surface area contributed by atoms with Crippen molar-refractivity contribution in [3.05, 3.63) is 0 Å². The van der Waals surface area contributed by atoms with Crippen molar-refractivity contribution >= 4 is 0 Å². The normalized spacial score (nSPS) is 33.2. The summed E-state index contributed by atoms with van der Waals surface area (Å²) in [6.45, 7) is 13.6. The topological polar surface area (TPSA) is 15.3 Å². The predicted molar refractivity (Wildman–Crippen MR) is 74.2 cm³/mol. The van der Waals surface area contributed by atoms with Crippen molar-refractivity contribution in [3.8, 4) is 0 Å². The highest BCUT2D eigenvalue weighted by molar-refractivity contribution is 4.86. The van der Waals surface area contributed by atoms with E-state index < -0.39 is 0 Å². The van der Waals surface area contributed by atoms with Crippen LogP contribution in [0.5, 0.6) is 0 Å². The summed E-state index contributed by atoms with van der Waals surface area (Å²) in [4.78, 5) is 2.71. The van der Waals surface area contributed by atoms with Gasteiger partial charge in [0.2, 0.25) is 0 Å². The molecule has 2 heteroatoms. The lowest BCUT2D eigenvalue weighted by atomic mass is 9.80. The number of likely N-dealkylation sites (tertiary alicyclic amines) is 1. The van der Waals surface area contributed by atoms with Crippen molar-refractivity contribution in [1.29, 1.82) is 0 Å². The van der Waals surface area contributed by atoms with Crippen LogP contribution in [0, 0.1) is 17.3 Å². The minimum atomic E-state index is 0.531. The molecule has 0 radical (unpaired) electrons. The largest absolute Gasteiger partial charge is 0.316 e. The Labute approximate surface area is 107 Å². The first kappa shape index (κ1) is 13.4. The van der Waals surface area contributed by atoms with Crippen LogP contribution in [0.3, 0.4) is 0 Å². The zero-order valence-electron chi connectivity index (χ0n) is 12.0. The first-order valence-corrected chi connectivity index (χ1v) is 7.52. The zero-order chi connectivity index (χ0) is 12.3. The average molecular weight is 238 g/mol. The molecule has 0 aromatic rings. The molecule has 2 nitrogen and oxygen atoms in total. The first-order valence-electron chi connectivity index (χ1n) is 7.52. The molecule has 2 heterocycles. The van der Waals surface area contributed by atoms with Gasteiger partial charge in [0.1, 0.15) is 0 Å². The molecule has 0 spiro atoms. The molecule has 2 saturated heterocycles. The maximum Gasteiger partial charge on any atom is 0.00475 e. The van der Waals surface area contributed by atoms with Gasteiger partial charge in [-0.1, -0.05) is 20.8 Å². The summed E-state index contributed by atoms with van der Waals surface area (Å²) in [5.41, 5.74) is 0.531. The first-order chi connectivity index (χ1) is 8.09. The van der Waals surface area contributed by atoms with Gasteiger partial charge in [-0.05, 0) is 62.6 Å². The Balaban J connectivity index is 1.77. The van der Waals surface area contributed by atoms with Gasteiger partial charge < -0.3 is 10.2 Å². The van der Waals surface area contributed by atoms with Crippen molar-refractivity contribution in [2.24, 2.45) is 17.3 Å². The van der Waals surface area contributed by atoms with Crippen molar-refractivity contribution in [3.63, 3.8) is 0 Å². The Morgan fingerprint density at radius 1 is 1.29 bits per heavy atom. The zero-order valence-corrected chi connectivity index (χ0v) is 12.0. The minimum absolute atomic E-state index is 0.531. The summed E-state index contributed by atoms with van der Waals surface area (Å²) < 4.78 is 0. The molecule has 0 bridgehead atoms. The van der Waals surface area contributed by atoms with Gasteiger partial charge in [-0.3, -0.25) is 0 Å². The molecule has 0 aliphatic carbocycles. The summed E-state index contributed by atoms with van der Waals surface area (Å²) >= 11 is 0. The second kappa shape index (κ2) is 5.71. The van der Waals surface area contributed by atoms with Gasteiger partial charge in [0.25, 0.3) is 0 Å². The molecule has 2 fully saturated rings. The molecule has 2 aliphatic rings. The maximum absolute atomic E-state index is 3.57. The van der Waals surface area contributed by atoms with Gasteiger partial charge in [-0.2, -0.15) is 0 Å². The predicted octanol–water partition coefficient (Wildman–Crippen LogP) is 2.74. The number of hydrogen-bond donors (Lipinski definition) is 1. The lowest BCUT2D eigenvalue weighted by Crippen LogP contribution is -2.48. The molecule has 2 aliphatic heterocycles. The highest BCUT2D eigenvalue weighted by Gasteiger charge is 2.31. The average Bonchev–Trinajstić information content (AvgIpc) is 2.30. The second-order valence-corrected chi connectivity index (χ2v) is 6.95. The van der Waals surface area contributed by atoms with E-state index in [2.05, 4.69) is 31.0 Å². The van der Waals surface area contributed by atoms with E-state index >= 15 is 0 Å². The summed E-state index contributed by atoms with van der Waals surface area (Å²) in [5, 5.41) is 3.57. The quantitative estimate of drug-likeness (QED) is 0.813. The molecule has 0 aromatic heterocycles. The molecule has 0 aromatic carbocycles. The molecule has 2 rings (SSSR count). The van der Waals surface area contributed by atoms with Crippen LogP contribution in [-0.2, 0) is 0 Å². The number of piperidine rings is 2. The molecule has 1 atom stereocenters. The second-order valence-electron chi connectivity index (χ2n) is 6.95. The van der Waals surface area contributed by atoms with Gasteiger partial charge in [0.15, 0.2) is 0 Å². The molecule has 0 amide bonds. The lowest BCUT2D eigenvalue weighted by Gasteiger charge is -2.41. The van der Waals surface area contributed by atoms with Crippen LogP contribution in [0.4, 0.5) is 0 Å². The van der Waals surface area contributed by atoms with E-state index in [1.165, 1.54) is 58.4 Å². The van der Waals surface area contributed by atoms with E-state index in [9.17, 15) is 0 Å². The molecule has 17 heavy (non-hydrogen) atoms. The van der Waals surface area contributed by atoms with Crippen LogP contribution in [0.2, 0.25) is 0 Å². The monoisotopic (exact) mass is 238 g/mol. The van der Waals surface area contributed by atoms with Crippen LogP contribution in [0.15, 0.2) is 0 Å². The number of nitrogens with zero attached hydrogens (tertiary/aromatic N) is 1. The van der Waals surface area contributed by atoms with Crippen molar-refractivity contribution in [2.45, 2.75) is 46.5 Å². The SMILES string of the molecule is CC(C)C1CCN(CC2(C)CCCNC2)CC1. The highest BCUT2D eigenvalue weighted by Crippen LogP contribution is 2.30. The van der Waals surface area contributed by atoms with E-state index in [-0.39, 0.29) is 0 Å². The smallest absolute Gasteiger partial charge is 0.00475 e. The summed E-state index contributed by atoms with van der Waals surface area (Å²) in [6.07, 6.45) is 5.60. The van der Waals surface area contributed by atoms with Gasteiger partial charge in [0, 0.05) is 13.1 Å². The van der Waals surface area contributed by atoms with Gasteiger partial charge >= 0.3 is 0 Å². The standard InChI is InChI=1S/C15H30N2/c1-13(2)14-5-9-17(10-6-14)12-15(3)7-4-8-16-11-15/h13-14,16H,4-12H2,1-3H3. The van der Waals surface area contributed by atoms with Gasteiger partial charge in [-0.25, -0.2) is 0 Å². The Bertz CT molecular complexity index is 223. The lowest BCUT2D eigenvalue weighted by molar-refractivity contribution is 0.0903. The fraction of sp³-hybridized carbons (Fsp3) is 1.00. The maximum atomic E-state index is 3.57. The van der Waals surface area contributed by atoms with Crippen LogP contribution in [-0.4, -0.2) is 37.6 Å². The third kappa shape index (κ3) is 3.69. The third-order valence-electron chi connectivity index (χ3n) is 4.87. The van der Waals surface area contributed by atoms with Crippen molar-refractivity contribution < 1.29 is 0 Å². The number of hydrogen-bond acceptors (Lipinski definition) is 2. The number of rotatable bonds is 3. The molecule has 100 valence electrons. The van der Waals surface area contributed by atoms with Crippen molar-refractivity contribution in [2.75, 3.05) is 32.7 Å². The van der Waals surface area contributed by atoms with E-state index in [0.29, 0.717) is 5.41 Å². The molecular formula is C15H30N2. The molecule has 1 N–H and O–H groups in total. The van der Waals surface area contributed by atoms with Gasteiger partial charge in [-0.15, -0.1) is 0 Å². The van der Waals surface area contributed by atoms with Crippen molar-refractivity contribution in [1.82, 2.24) is 10.2 Å². The van der Waals surface area contributed by atoms with E-state index in [1.807, 2.05) is 0 Å². The van der Waals surface area contributed by atoms with Crippen LogP contribution >= 0.6 is 0 Å². The van der Waals surface area contributed by atoms with E-state index in [4.69, 9.17) is 0 Å². The van der Waals surface area contributed by atoms with Crippen LogP contribution in [0.25, 0.3) is 0 Å². The van der Waals surface area contributed by atoms with Crippen LogP contribution < -0.4 is 5.32 Å². The summed E-state index contributed by atoms with van der Waals surface area (Å²) in [7, 11) is 0. The van der Waals surface area contributed by atoms with Gasteiger partial charge in [0.05, 0.1) is 0 Å². The Hall–Kier alpha value is -0.0800. The number of nitrogens with one attached hydrogen (secondary N) is 1. The summed E-state index contributed by atoms with van der Waals surface area (Å²) in [5.74, 6) is 1.85. The Kier molecular flexibility index (Phi) is 4.48. The Morgan fingerprint density at radius 3 is 2.53 bits per heavy atom. The fourth-order valence-corrected chi connectivity index (χ4v) is 3.57. The fourth-order valence-electron chi connectivity index (χ4n) is 3.57. The third-order valence-corrected chi connectivity index (χ3v) is 4.87. The highest BCUT2D eigenvalue weighted by atomic mass is 15.1. The molecule has 0 saturated carbocycles. The molecule has 1 unspecified atom stereocenters. The summed E-state index contributed by atoms with van der Waals surface area (Å²) in [6, 6.07) is 0. The van der Waals surface area contributed by atoms with E-state index in [1.54, 1.807) is 0 Å². The Morgan fingerprint density at radius 2 is 2.00 bits per heavy atom. The van der Waals surface area contributed by atoms with E-state index in [0.717, 1.165) is 11.8 Å². The minimum Gasteiger partial charge on any atom is -0.316 e. The van der Waals surface area contributed by atoms with Crippen LogP contribution in [0.1, 0.15) is 46.5 Å². The molecular weight excluding hydrogens is 208 g/mol.